The van der Waals surface area contributed by atoms with E-state index in [-0.39, 0.29) is 0 Å². The minimum atomic E-state index is 0.536. The van der Waals surface area contributed by atoms with Crippen LogP contribution in [0.25, 0.3) is 0 Å². The lowest BCUT2D eigenvalue weighted by molar-refractivity contribution is 0.355. The molecule has 1 aromatic heterocycles. The summed E-state index contributed by atoms with van der Waals surface area (Å²) in [4.78, 5) is 8.66. The second kappa shape index (κ2) is 8.07. The van der Waals surface area contributed by atoms with Crippen LogP contribution >= 0.6 is 0 Å². The largest absolute Gasteiger partial charge is 0.493 e. The zero-order chi connectivity index (χ0) is 15.8. The molecule has 2 N–H and O–H groups in total. The van der Waals surface area contributed by atoms with E-state index in [2.05, 4.69) is 27.5 Å². The van der Waals surface area contributed by atoms with Crippen LogP contribution in [0.1, 0.15) is 19.8 Å². The van der Waals surface area contributed by atoms with Crippen molar-refractivity contribution in [3.8, 4) is 11.5 Å². The highest BCUT2D eigenvalue weighted by Gasteiger charge is 2.06. The second-order valence-corrected chi connectivity index (χ2v) is 4.74. The highest BCUT2D eigenvalue weighted by Crippen LogP contribution is 2.30. The minimum absolute atomic E-state index is 0.536. The van der Waals surface area contributed by atoms with Gasteiger partial charge in [-0.1, -0.05) is 13.3 Å². The fourth-order valence-corrected chi connectivity index (χ4v) is 1.95. The number of anilines is 3. The number of benzene rings is 1. The van der Waals surface area contributed by atoms with Gasteiger partial charge in [-0.05, 0) is 24.6 Å². The van der Waals surface area contributed by atoms with Crippen molar-refractivity contribution >= 4 is 17.5 Å². The van der Waals surface area contributed by atoms with Crippen molar-refractivity contribution in [2.24, 2.45) is 0 Å². The molecule has 0 saturated carbocycles. The van der Waals surface area contributed by atoms with Crippen molar-refractivity contribution in [3.63, 3.8) is 0 Å². The van der Waals surface area contributed by atoms with E-state index < -0.39 is 0 Å². The summed E-state index contributed by atoms with van der Waals surface area (Å²) in [6.45, 7) is 3.06. The molecule has 0 saturated heterocycles. The maximum absolute atomic E-state index is 5.29. The van der Waals surface area contributed by atoms with Gasteiger partial charge in [-0.15, -0.1) is 0 Å². The Hall–Kier alpha value is -2.50. The molecule has 0 spiro atoms. The molecule has 0 fully saturated rings. The Kier molecular flexibility index (Phi) is 5.82. The molecular formula is C16H22N4O2. The van der Waals surface area contributed by atoms with Crippen molar-refractivity contribution in [2.45, 2.75) is 19.8 Å². The first kappa shape index (κ1) is 15.9. The van der Waals surface area contributed by atoms with Crippen LogP contribution < -0.4 is 20.1 Å². The summed E-state index contributed by atoms with van der Waals surface area (Å²) in [6.07, 6.45) is 3.99. The zero-order valence-electron chi connectivity index (χ0n) is 13.2. The predicted octanol–water partition coefficient (Wildman–Crippen LogP) is 3.45. The Morgan fingerprint density at radius 2 is 1.91 bits per heavy atom. The monoisotopic (exact) mass is 302 g/mol. The summed E-state index contributed by atoms with van der Waals surface area (Å²) in [5.41, 5.74) is 0.836. The van der Waals surface area contributed by atoms with E-state index in [1.165, 1.54) is 0 Å². The van der Waals surface area contributed by atoms with E-state index in [0.717, 1.165) is 30.9 Å². The first-order chi connectivity index (χ1) is 10.8. The molecule has 6 heteroatoms. The van der Waals surface area contributed by atoms with Gasteiger partial charge in [0.25, 0.3) is 0 Å². The lowest BCUT2D eigenvalue weighted by Gasteiger charge is -2.11. The Morgan fingerprint density at radius 1 is 1.09 bits per heavy atom. The van der Waals surface area contributed by atoms with Gasteiger partial charge < -0.3 is 20.1 Å². The zero-order valence-corrected chi connectivity index (χ0v) is 13.2. The molecule has 1 aromatic carbocycles. The molecule has 1 heterocycles. The molecule has 0 atom stereocenters. The average Bonchev–Trinajstić information content (AvgIpc) is 2.55. The van der Waals surface area contributed by atoms with Crippen LogP contribution in [0.4, 0.5) is 17.5 Å². The lowest BCUT2D eigenvalue weighted by Crippen LogP contribution is -2.05. The first-order valence-corrected chi connectivity index (χ1v) is 7.32. The molecular weight excluding hydrogens is 280 g/mol. The van der Waals surface area contributed by atoms with E-state index in [1.807, 2.05) is 24.3 Å². The van der Waals surface area contributed by atoms with Crippen molar-refractivity contribution in [3.05, 3.63) is 30.5 Å². The number of methoxy groups -OCH3 is 2. The number of aromatic nitrogens is 2. The maximum atomic E-state index is 5.29. The number of hydrogen-bond acceptors (Lipinski definition) is 6. The van der Waals surface area contributed by atoms with Crippen molar-refractivity contribution in [2.75, 3.05) is 31.4 Å². The van der Waals surface area contributed by atoms with Crippen LogP contribution in [-0.4, -0.2) is 30.7 Å². The Morgan fingerprint density at radius 3 is 2.64 bits per heavy atom. The van der Waals surface area contributed by atoms with Crippen molar-refractivity contribution < 1.29 is 9.47 Å². The predicted molar refractivity (Wildman–Crippen MR) is 88.3 cm³/mol. The normalized spacial score (nSPS) is 10.1. The van der Waals surface area contributed by atoms with Gasteiger partial charge in [0, 0.05) is 24.5 Å². The van der Waals surface area contributed by atoms with Crippen LogP contribution in [0.15, 0.2) is 30.5 Å². The van der Waals surface area contributed by atoms with E-state index in [1.54, 1.807) is 20.4 Å². The molecule has 0 aliphatic carbocycles. The molecule has 0 aliphatic rings. The SMILES string of the molecule is CCCCNc1ccnc(Nc2ccc(OC)c(OC)c2)n1. The van der Waals surface area contributed by atoms with Crippen LogP contribution in [0.5, 0.6) is 11.5 Å². The molecule has 22 heavy (non-hydrogen) atoms. The number of nitrogens with zero attached hydrogens (tertiary/aromatic N) is 2. The highest BCUT2D eigenvalue weighted by molar-refractivity contribution is 5.60. The summed E-state index contributed by atoms with van der Waals surface area (Å²) in [6, 6.07) is 7.43. The van der Waals surface area contributed by atoms with E-state index in [0.29, 0.717) is 17.4 Å². The molecule has 2 aromatic rings. The van der Waals surface area contributed by atoms with E-state index in [4.69, 9.17) is 9.47 Å². The standard InChI is InChI=1S/C16H22N4O2/c1-4-5-9-17-15-8-10-18-16(20-15)19-12-6-7-13(21-2)14(11-12)22-3/h6-8,10-11H,4-5,9H2,1-3H3,(H2,17,18,19,20). The highest BCUT2D eigenvalue weighted by atomic mass is 16.5. The first-order valence-electron chi connectivity index (χ1n) is 7.32. The van der Waals surface area contributed by atoms with Crippen molar-refractivity contribution in [1.82, 2.24) is 9.97 Å². The minimum Gasteiger partial charge on any atom is -0.493 e. The molecule has 0 aliphatic heterocycles. The van der Waals surface area contributed by atoms with Gasteiger partial charge in [0.15, 0.2) is 11.5 Å². The van der Waals surface area contributed by atoms with Gasteiger partial charge in [-0.2, -0.15) is 4.98 Å². The summed E-state index contributed by atoms with van der Waals surface area (Å²) >= 11 is 0. The Balaban J connectivity index is 2.08. The third kappa shape index (κ3) is 4.25. The summed E-state index contributed by atoms with van der Waals surface area (Å²) in [7, 11) is 3.22. The van der Waals surface area contributed by atoms with E-state index in [9.17, 15) is 0 Å². The van der Waals surface area contributed by atoms with Crippen molar-refractivity contribution in [1.29, 1.82) is 0 Å². The molecule has 118 valence electrons. The number of hydrogen-bond donors (Lipinski definition) is 2. The summed E-state index contributed by atoms with van der Waals surface area (Å²) in [5, 5.41) is 6.44. The van der Waals surface area contributed by atoms with Gasteiger partial charge in [0.1, 0.15) is 5.82 Å². The third-order valence-electron chi connectivity index (χ3n) is 3.13. The molecule has 0 unspecified atom stereocenters. The Bertz CT molecular complexity index is 604. The molecule has 2 rings (SSSR count). The molecule has 6 nitrogen and oxygen atoms in total. The molecule has 0 amide bonds. The van der Waals surface area contributed by atoms with Crippen LogP contribution in [0, 0.1) is 0 Å². The van der Waals surface area contributed by atoms with Gasteiger partial charge in [0.05, 0.1) is 14.2 Å². The van der Waals surface area contributed by atoms with Crippen LogP contribution in [-0.2, 0) is 0 Å². The molecule has 0 radical (unpaired) electrons. The third-order valence-corrected chi connectivity index (χ3v) is 3.13. The fraction of sp³-hybridized carbons (Fsp3) is 0.375. The van der Waals surface area contributed by atoms with Gasteiger partial charge in [-0.3, -0.25) is 0 Å². The quantitative estimate of drug-likeness (QED) is 0.728. The van der Waals surface area contributed by atoms with Gasteiger partial charge in [-0.25, -0.2) is 4.98 Å². The average molecular weight is 302 g/mol. The smallest absolute Gasteiger partial charge is 0.229 e. The number of nitrogens with one attached hydrogen (secondary N) is 2. The fourth-order valence-electron chi connectivity index (χ4n) is 1.95. The van der Waals surface area contributed by atoms with Gasteiger partial charge in [0.2, 0.25) is 5.95 Å². The molecule has 0 bridgehead atoms. The van der Waals surface area contributed by atoms with Crippen LogP contribution in [0.3, 0.4) is 0 Å². The number of rotatable bonds is 8. The topological polar surface area (TPSA) is 68.3 Å². The lowest BCUT2D eigenvalue weighted by atomic mass is 10.3. The second-order valence-electron chi connectivity index (χ2n) is 4.74. The maximum Gasteiger partial charge on any atom is 0.229 e. The number of ether oxygens (including phenoxy) is 2. The van der Waals surface area contributed by atoms with Crippen LogP contribution in [0.2, 0.25) is 0 Å². The van der Waals surface area contributed by atoms with E-state index >= 15 is 0 Å². The van der Waals surface area contributed by atoms with Gasteiger partial charge >= 0.3 is 0 Å². The summed E-state index contributed by atoms with van der Waals surface area (Å²) in [5.74, 6) is 2.69. The number of unbranched alkanes of at least 4 members (excludes halogenated alkanes) is 1. The Labute approximate surface area is 130 Å². The summed E-state index contributed by atoms with van der Waals surface area (Å²) < 4.78 is 10.5.